The monoisotopic (exact) mass is 323 g/mol. The van der Waals surface area contributed by atoms with Crippen molar-refractivity contribution in [2.75, 3.05) is 5.32 Å². The molecule has 2 nitrogen and oxygen atoms in total. The summed E-state index contributed by atoms with van der Waals surface area (Å²) in [6, 6.07) is 9.70. The van der Waals surface area contributed by atoms with Crippen LogP contribution in [-0.4, -0.2) is 5.91 Å². The van der Waals surface area contributed by atoms with Gasteiger partial charge in [-0.05, 0) is 42.0 Å². The number of halogens is 4. The summed E-state index contributed by atoms with van der Waals surface area (Å²) in [5.74, 6) is -0.366. The van der Waals surface area contributed by atoms with Crippen LogP contribution in [0.1, 0.15) is 16.7 Å². The molecule has 1 heterocycles. The Kier molecular flexibility index (Phi) is 3.45. The van der Waals surface area contributed by atoms with Gasteiger partial charge in [-0.15, -0.1) is 0 Å². The number of carbonyl (C=O) groups is 1. The van der Waals surface area contributed by atoms with Gasteiger partial charge in [-0.3, -0.25) is 4.79 Å². The van der Waals surface area contributed by atoms with Gasteiger partial charge >= 0.3 is 6.18 Å². The summed E-state index contributed by atoms with van der Waals surface area (Å²) in [7, 11) is 0. The van der Waals surface area contributed by atoms with E-state index in [1.165, 1.54) is 18.2 Å². The highest BCUT2D eigenvalue weighted by Gasteiger charge is 2.30. The zero-order valence-electron chi connectivity index (χ0n) is 11.0. The summed E-state index contributed by atoms with van der Waals surface area (Å²) in [6.07, 6.45) is -3.00. The lowest BCUT2D eigenvalue weighted by Crippen LogP contribution is -2.05. The largest absolute Gasteiger partial charge is 0.416 e. The Hall–Kier alpha value is -2.27. The molecular formula is C16H9ClF3NO. The lowest BCUT2D eigenvalue weighted by atomic mass is 10.0. The van der Waals surface area contributed by atoms with Crippen LogP contribution in [0.2, 0.25) is 5.02 Å². The molecule has 0 fully saturated rings. The first-order valence-electron chi connectivity index (χ1n) is 6.35. The third-order valence-corrected chi connectivity index (χ3v) is 3.52. The van der Waals surface area contributed by atoms with Crippen molar-refractivity contribution in [1.29, 1.82) is 0 Å². The van der Waals surface area contributed by atoms with Crippen LogP contribution in [0.3, 0.4) is 0 Å². The number of alkyl halides is 3. The molecule has 0 saturated heterocycles. The summed E-state index contributed by atoms with van der Waals surface area (Å²) in [6.45, 7) is 0. The van der Waals surface area contributed by atoms with Crippen LogP contribution in [-0.2, 0) is 11.0 Å². The predicted molar refractivity (Wildman–Crippen MR) is 79.4 cm³/mol. The number of hydrogen-bond donors (Lipinski definition) is 1. The maximum absolute atomic E-state index is 12.7. The molecule has 1 aliphatic heterocycles. The molecule has 6 heteroatoms. The Balaban J connectivity index is 2.07. The molecule has 3 rings (SSSR count). The normalized spacial score (nSPS) is 15.8. The zero-order chi connectivity index (χ0) is 15.9. The summed E-state index contributed by atoms with van der Waals surface area (Å²) >= 11 is 5.91. The van der Waals surface area contributed by atoms with Crippen molar-refractivity contribution >= 4 is 34.8 Å². The number of anilines is 1. The topological polar surface area (TPSA) is 29.1 Å². The molecule has 112 valence electrons. The number of rotatable bonds is 1. The van der Waals surface area contributed by atoms with Gasteiger partial charge in [-0.1, -0.05) is 23.7 Å². The fraction of sp³-hybridized carbons (Fsp3) is 0.0625. The standard InChI is InChI=1S/C16H9ClF3NO/c17-11-4-5-14-12(8-11)13(15(22)21-14)7-9-2-1-3-10(6-9)16(18,19)20/h1-8H,(H,21,22)/b13-7+. The van der Waals surface area contributed by atoms with Gasteiger partial charge in [0.1, 0.15) is 0 Å². The van der Waals surface area contributed by atoms with Crippen molar-refractivity contribution in [2.45, 2.75) is 6.18 Å². The molecule has 0 aromatic heterocycles. The predicted octanol–water partition coefficient (Wildman–Crippen LogP) is 4.85. The van der Waals surface area contributed by atoms with Gasteiger partial charge < -0.3 is 5.32 Å². The molecule has 1 N–H and O–H groups in total. The average Bonchev–Trinajstić information content (AvgIpc) is 2.75. The van der Waals surface area contributed by atoms with Gasteiger partial charge in [0.2, 0.25) is 0 Å². The Labute approximate surface area is 129 Å². The number of carbonyl (C=O) groups excluding carboxylic acids is 1. The molecule has 0 bridgehead atoms. The highest BCUT2D eigenvalue weighted by atomic mass is 35.5. The average molecular weight is 324 g/mol. The summed E-state index contributed by atoms with van der Waals surface area (Å²) in [4.78, 5) is 12.0. The second-order valence-corrected chi connectivity index (χ2v) is 5.26. The number of nitrogens with one attached hydrogen (secondary N) is 1. The van der Waals surface area contributed by atoms with Gasteiger partial charge in [-0.25, -0.2) is 0 Å². The summed E-state index contributed by atoms with van der Waals surface area (Å²) in [5, 5.41) is 3.10. The number of amides is 1. The van der Waals surface area contributed by atoms with Crippen LogP contribution >= 0.6 is 11.6 Å². The Morgan fingerprint density at radius 1 is 1.09 bits per heavy atom. The van der Waals surface area contributed by atoms with Crippen LogP contribution in [0, 0.1) is 0 Å². The van der Waals surface area contributed by atoms with Crippen LogP contribution in [0.25, 0.3) is 11.6 Å². The van der Waals surface area contributed by atoms with Crippen molar-refractivity contribution in [3.8, 4) is 0 Å². The van der Waals surface area contributed by atoms with Gasteiger partial charge in [0, 0.05) is 21.8 Å². The van der Waals surface area contributed by atoms with Gasteiger partial charge in [0.05, 0.1) is 5.56 Å². The molecule has 1 amide bonds. The maximum Gasteiger partial charge on any atom is 0.416 e. The molecule has 2 aromatic rings. The van der Waals surface area contributed by atoms with Gasteiger partial charge in [-0.2, -0.15) is 13.2 Å². The number of benzene rings is 2. The quantitative estimate of drug-likeness (QED) is 0.747. The minimum absolute atomic E-state index is 0.289. The summed E-state index contributed by atoms with van der Waals surface area (Å²) in [5.41, 5.74) is 0.999. The van der Waals surface area contributed by atoms with Crippen molar-refractivity contribution in [2.24, 2.45) is 0 Å². The fourth-order valence-electron chi connectivity index (χ4n) is 2.28. The van der Waals surface area contributed by atoms with Crippen LogP contribution < -0.4 is 5.32 Å². The highest BCUT2D eigenvalue weighted by Crippen LogP contribution is 2.36. The highest BCUT2D eigenvalue weighted by molar-refractivity contribution is 6.36. The maximum atomic E-state index is 12.7. The Morgan fingerprint density at radius 3 is 2.59 bits per heavy atom. The number of hydrogen-bond acceptors (Lipinski definition) is 1. The molecule has 2 aromatic carbocycles. The van der Waals surface area contributed by atoms with Crippen LogP contribution in [0.5, 0.6) is 0 Å². The van der Waals surface area contributed by atoms with Crippen LogP contribution in [0.4, 0.5) is 18.9 Å². The second kappa shape index (κ2) is 5.18. The van der Waals surface area contributed by atoms with E-state index >= 15 is 0 Å². The van der Waals surface area contributed by atoms with E-state index in [2.05, 4.69) is 5.32 Å². The van der Waals surface area contributed by atoms with E-state index in [9.17, 15) is 18.0 Å². The van der Waals surface area contributed by atoms with Gasteiger partial charge in [0.25, 0.3) is 5.91 Å². The van der Waals surface area contributed by atoms with E-state index < -0.39 is 11.7 Å². The van der Waals surface area contributed by atoms with Crippen molar-refractivity contribution in [3.63, 3.8) is 0 Å². The SMILES string of the molecule is O=C1Nc2ccc(Cl)cc2/C1=C\c1cccc(C(F)(F)F)c1. The molecule has 0 aliphatic carbocycles. The zero-order valence-corrected chi connectivity index (χ0v) is 11.8. The van der Waals surface area contributed by atoms with E-state index in [1.54, 1.807) is 18.2 Å². The van der Waals surface area contributed by atoms with E-state index in [0.717, 1.165) is 12.1 Å². The third kappa shape index (κ3) is 2.72. The Morgan fingerprint density at radius 2 is 1.86 bits per heavy atom. The first kappa shape index (κ1) is 14.7. The Bertz CT molecular complexity index is 796. The molecule has 0 radical (unpaired) electrons. The smallest absolute Gasteiger partial charge is 0.321 e. The van der Waals surface area contributed by atoms with Crippen molar-refractivity contribution in [3.05, 3.63) is 64.2 Å². The van der Waals surface area contributed by atoms with E-state index in [-0.39, 0.29) is 11.5 Å². The molecule has 0 saturated carbocycles. The van der Waals surface area contributed by atoms with Crippen molar-refractivity contribution < 1.29 is 18.0 Å². The molecule has 0 unspecified atom stereocenters. The van der Waals surface area contributed by atoms with E-state index in [4.69, 9.17) is 11.6 Å². The molecule has 22 heavy (non-hydrogen) atoms. The fourth-order valence-corrected chi connectivity index (χ4v) is 2.45. The number of fused-ring (bicyclic) bond motifs is 1. The minimum atomic E-state index is -4.42. The lowest BCUT2D eigenvalue weighted by molar-refractivity contribution is -0.137. The van der Waals surface area contributed by atoms with E-state index in [0.29, 0.717) is 21.8 Å². The molecular weight excluding hydrogens is 315 g/mol. The first-order chi connectivity index (χ1) is 10.3. The second-order valence-electron chi connectivity index (χ2n) is 4.83. The third-order valence-electron chi connectivity index (χ3n) is 3.29. The first-order valence-corrected chi connectivity index (χ1v) is 6.72. The van der Waals surface area contributed by atoms with Crippen molar-refractivity contribution in [1.82, 2.24) is 0 Å². The molecule has 0 atom stereocenters. The van der Waals surface area contributed by atoms with Crippen LogP contribution in [0.15, 0.2) is 42.5 Å². The molecule has 1 aliphatic rings. The van der Waals surface area contributed by atoms with Gasteiger partial charge in [0.15, 0.2) is 0 Å². The summed E-state index contributed by atoms with van der Waals surface area (Å²) < 4.78 is 38.2. The van der Waals surface area contributed by atoms with E-state index in [1.807, 2.05) is 0 Å². The lowest BCUT2D eigenvalue weighted by Gasteiger charge is -2.07. The molecule has 0 spiro atoms. The minimum Gasteiger partial charge on any atom is -0.321 e.